The Labute approximate surface area is 107 Å². The normalized spacial score (nSPS) is 21.7. The average Bonchev–Trinajstić information content (AvgIpc) is 2.26. The molecule has 1 fully saturated rings. The maximum absolute atomic E-state index is 5.75. The molecule has 0 spiro atoms. The second-order valence-electron chi connectivity index (χ2n) is 6.03. The Morgan fingerprint density at radius 3 is 2.29 bits per heavy atom. The van der Waals surface area contributed by atoms with E-state index in [1.54, 1.807) is 0 Å². The van der Waals surface area contributed by atoms with Crippen molar-refractivity contribution in [1.82, 2.24) is 10.2 Å². The maximum Gasteiger partial charge on any atom is 0.0712 e. The van der Waals surface area contributed by atoms with Crippen LogP contribution in [-0.4, -0.2) is 50.3 Å². The van der Waals surface area contributed by atoms with Crippen LogP contribution in [0.15, 0.2) is 0 Å². The highest BCUT2D eigenvalue weighted by molar-refractivity contribution is 4.70. The summed E-state index contributed by atoms with van der Waals surface area (Å²) < 4.78 is 5.75. The van der Waals surface area contributed by atoms with Gasteiger partial charge in [0, 0.05) is 32.7 Å². The lowest BCUT2D eigenvalue weighted by Crippen LogP contribution is -2.41. The lowest BCUT2D eigenvalue weighted by atomic mass is 10.1. The van der Waals surface area contributed by atoms with Crippen LogP contribution in [-0.2, 0) is 4.74 Å². The summed E-state index contributed by atoms with van der Waals surface area (Å²) in [5.74, 6) is 1.50. The minimum atomic E-state index is 0.422. The van der Waals surface area contributed by atoms with Crippen LogP contribution in [0.1, 0.15) is 34.1 Å². The Morgan fingerprint density at radius 2 is 1.82 bits per heavy atom. The molecule has 0 saturated carbocycles. The molecular formula is C14H30N2O. The lowest BCUT2D eigenvalue weighted by Gasteiger charge is -2.29. The summed E-state index contributed by atoms with van der Waals surface area (Å²) in [6, 6.07) is 0. The number of ether oxygens (including phenoxy) is 1. The Balaban J connectivity index is 2.26. The molecule has 1 saturated heterocycles. The van der Waals surface area contributed by atoms with Crippen molar-refractivity contribution >= 4 is 0 Å². The van der Waals surface area contributed by atoms with E-state index in [0.29, 0.717) is 6.10 Å². The van der Waals surface area contributed by atoms with Crippen molar-refractivity contribution in [2.45, 2.75) is 40.2 Å². The first-order valence-electron chi connectivity index (χ1n) is 7.12. The summed E-state index contributed by atoms with van der Waals surface area (Å²) in [6.45, 7) is 15.7. The van der Waals surface area contributed by atoms with E-state index in [1.807, 2.05) is 0 Å². The fourth-order valence-corrected chi connectivity index (χ4v) is 2.42. The molecule has 0 radical (unpaired) electrons. The Kier molecular flexibility index (Phi) is 7.09. The minimum Gasteiger partial charge on any atom is -0.376 e. The van der Waals surface area contributed by atoms with Crippen molar-refractivity contribution in [1.29, 1.82) is 0 Å². The van der Waals surface area contributed by atoms with Gasteiger partial charge in [-0.15, -0.1) is 0 Å². The maximum atomic E-state index is 5.75. The number of nitrogens with zero attached hydrogens (tertiary/aromatic N) is 1. The first-order valence-corrected chi connectivity index (χ1v) is 7.12. The van der Waals surface area contributed by atoms with Gasteiger partial charge in [-0.05, 0) is 18.3 Å². The number of hydrogen-bond donors (Lipinski definition) is 1. The summed E-state index contributed by atoms with van der Waals surface area (Å²) in [5, 5.41) is 3.40. The third-order valence-electron chi connectivity index (χ3n) is 3.02. The largest absolute Gasteiger partial charge is 0.376 e. The van der Waals surface area contributed by atoms with Crippen LogP contribution in [0.3, 0.4) is 0 Å². The number of rotatable bonds is 7. The summed E-state index contributed by atoms with van der Waals surface area (Å²) in [6.07, 6.45) is 1.58. The summed E-state index contributed by atoms with van der Waals surface area (Å²) >= 11 is 0. The molecule has 17 heavy (non-hydrogen) atoms. The van der Waals surface area contributed by atoms with Gasteiger partial charge in [-0.25, -0.2) is 0 Å². The topological polar surface area (TPSA) is 24.5 Å². The molecule has 0 aliphatic carbocycles. The molecule has 1 unspecified atom stereocenters. The van der Waals surface area contributed by atoms with Crippen LogP contribution in [0.2, 0.25) is 0 Å². The second-order valence-corrected chi connectivity index (χ2v) is 6.03. The van der Waals surface area contributed by atoms with E-state index in [0.717, 1.165) is 38.0 Å². The van der Waals surface area contributed by atoms with Crippen LogP contribution >= 0.6 is 0 Å². The first-order chi connectivity index (χ1) is 8.08. The molecule has 1 heterocycles. The second kappa shape index (κ2) is 8.06. The van der Waals surface area contributed by atoms with Gasteiger partial charge in [-0.1, -0.05) is 27.7 Å². The van der Waals surface area contributed by atoms with Gasteiger partial charge in [0.05, 0.1) is 12.7 Å². The van der Waals surface area contributed by atoms with Crippen LogP contribution in [0.5, 0.6) is 0 Å². The molecule has 0 aromatic heterocycles. The molecule has 0 aromatic rings. The van der Waals surface area contributed by atoms with E-state index in [2.05, 4.69) is 37.9 Å². The van der Waals surface area contributed by atoms with Gasteiger partial charge in [0.25, 0.3) is 0 Å². The van der Waals surface area contributed by atoms with Crippen molar-refractivity contribution in [3.05, 3.63) is 0 Å². The molecule has 1 rings (SSSR count). The first kappa shape index (κ1) is 14.9. The molecule has 3 nitrogen and oxygen atoms in total. The van der Waals surface area contributed by atoms with Crippen LogP contribution in [0.25, 0.3) is 0 Å². The molecule has 0 aromatic carbocycles. The standard InChI is InChI=1S/C14H30N2O/c1-12(2)10-16(11-13(3)4)7-5-14-9-15-6-8-17-14/h12-15H,5-11H2,1-4H3. The van der Waals surface area contributed by atoms with Gasteiger partial charge in [0.15, 0.2) is 0 Å². The Bertz CT molecular complexity index is 179. The van der Waals surface area contributed by atoms with E-state index in [1.165, 1.54) is 19.6 Å². The zero-order valence-electron chi connectivity index (χ0n) is 12.0. The Morgan fingerprint density at radius 1 is 1.18 bits per heavy atom. The third kappa shape index (κ3) is 7.02. The SMILES string of the molecule is CC(C)CN(CCC1CNCCO1)CC(C)C. The summed E-state index contributed by atoms with van der Waals surface area (Å²) in [4.78, 5) is 2.59. The molecule has 0 amide bonds. The Hall–Kier alpha value is -0.120. The van der Waals surface area contributed by atoms with Crippen LogP contribution in [0, 0.1) is 11.8 Å². The van der Waals surface area contributed by atoms with Gasteiger partial charge in [-0.3, -0.25) is 0 Å². The van der Waals surface area contributed by atoms with E-state index < -0.39 is 0 Å². The zero-order chi connectivity index (χ0) is 12.7. The van der Waals surface area contributed by atoms with E-state index in [-0.39, 0.29) is 0 Å². The molecular weight excluding hydrogens is 212 g/mol. The predicted molar refractivity (Wildman–Crippen MR) is 73.3 cm³/mol. The highest BCUT2D eigenvalue weighted by Crippen LogP contribution is 2.08. The molecule has 102 valence electrons. The summed E-state index contributed by atoms with van der Waals surface area (Å²) in [5.41, 5.74) is 0. The molecule has 1 atom stereocenters. The van der Waals surface area contributed by atoms with Gasteiger partial charge in [-0.2, -0.15) is 0 Å². The smallest absolute Gasteiger partial charge is 0.0712 e. The zero-order valence-corrected chi connectivity index (χ0v) is 12.0. The van der Waals surface area contributed by atoms with Crippen molar-refractivity contribution in [2.24, 2.45) is 11.8 Å². The fourth-order valence-electron chi connectivity index (χ4n) is 2.42. The highest BCUT2D eigenvalue weighted by atomic mass is 16.5. The van der Waals surface area contributed by atoms with E-state index in [4.69, 9.17) is 4.74 Å². The monoisotopic (exact) mass is 242 g/mol. The van der Waals surface area contributed by atoms with E-state index in [9.17, 15) is 0 Å². The van der Waals surface area contributed by atoms with Crippen molar-refractivity contribution in [3.63, 3.8) is 0 Å². The lowest BCUT2D eigenvalue weighted by molar-refractivity contribution is 0.0160. The minimum absolute atomic E-state index is 0.422. The molecule has 0 bridgehead atoms. The van der Waals surface area contributed by atoms with Crippen molar-refractivity contribution < 1.29 is 4.74 Å². The predicted octanol–water partition coefficient (Wildman–Crippen LogP) is 1.98. The molecule has 1 aliphatic rings. The quantitative estimate of drug-likeness (QED) is 0.739. The van der Waals surface area contributed by atoms with Gasteiger partial charge >= 0.3 is 0 Å². The van der Waals surface area contributed by atoms with Gasteiger partial charge in [0.1, 0.15) is 0 Å². The molecule has 3 heteroatoms. The third-order valence-corrected chi connectivity index (χ3v) is 3.02. The van der Waals surface area contributed by atoms with Gasteiger partial charge in [0.2, 0.25) is 0 Å². The highest BCUT2D eigenvalue weighted by Gasteiger charge is 2.16. The number of nitrogens with one attached hydrogen (secondary N) is 1. The van der Waals surface area contributed by atoms with Crippen molar-refractivity contribution in [2.75, 3.05) is 39.3 Å². The molecule has 1 N–H and O–H groups in total. The van der Waals surface area contributed by atoms with Crippen LogP contribution in [0.4, 0.5) is 0 Å². The number of hydrogen-bond acceptors (Lipinski definition) is 3. The average molecular weight is 242 g/mol. The van der Waals surface area contributed by atoms with Gasteiger partial charge < -0.3 is 15.0 Å². The fraction of sp³-hybridized carbons (Fsp3) is 1.00. The number of morpholine rings is 1. The summed E-state index contributed by atoms with van der Waals surface area (Å²) in [7, 11) is 0. The van der Waals surface area contributed by atoms with Crippen LogP contribution < -0.4 is 5.32 Å². The van der Waals surface area contributed by atoms with Crippen molar-refractivity contribution in [3.8, 4) is 0 Å². The van der Waals surface area contributed by atoms with E-state index >= 15 is 0 Å². The molecule has 1 aliphatic heterocycles.